The van der Waals surface area contributed by atoms with Crippen LogP contribution in [0.25, 0.3) is 0 Å². The Morgan fingerprint density at radius 1 is 1.61 bits per heavy atom. The van der Waals surface area contributed by atoms with Gasteiger partial charge < -0.3 is 10.6 Å². The van der Waals surface area contributed by atoms with Crippen LogP contribution in [-0.4, -0.2) is 28.9 Å². The molecular formula is C12H19BrN4O. The smallest absolute Gasteiger partial charge is 0.283 e. The Balaban J connectivity index is 2.35. The first-order chi connectivity index (χ1) is 8.58. The number of nitrogens with two attached hydrogens (primary N) is 1. The fourth-order valence-corrected chi connectivity index (χ4v) is 3.07. The van der Waals surface area contributed by atoms with E-state index in [1.165, 1.54) is 4.68 Å². The predicted octanol–water partition coefficient (Wildman–Crippen LogP) is 1.20. The molecule has 0 bridgehead atoms. The van der Waals surface area contributed by atoms with E-state index >= 15 is 0 Å². The van der Waals surface area contributed by atoms with Crippen molar-refractivity contribution in [2.45, 2.75) is 32.9 Å². The average molecular weight is 315 g/mol. The first kappa shape index (κ1) is 13.5. The topological polar surface area (TPSA) is 64.2 Å². The van der Waals surface area contributed by atoms with Gasteiger partial charge in [0.1, 0.15) is 4.47 Å². The normalized spacial score (nSPS) is 23.7. The van der Waals surface area contributed by atoms with Crippen LogP contribution < -0.4 is 16.2 Å². The van der Waals surface area contributed by atoms with E-state index in [9.17, 15) is 4.79 Å². The van der Waals surface area contributed by atoms with Crippen molar-refractivity contribution in [3.8, 4) is 0 Å². The number of hydrogen-bond donors (Lipinski definition) is 1. The minimum Gasteiger partial charge on any atom is -0.366 e. The van der Waals surface area contributed by atoms with Crippen LogP contribution in [0, 0.1) is 5.92 Å². The SMILES string of the molecule is CCn1ncc(N2CC(CN)CC2C)c(Br)c1=O. The van der Waals surface area contributed by atoms with Gasteiger partial charge in [-0.1, -0.05) is 0 Å². The highest BCUT2D eigenvalue weighted by molar-refractivity contribution is 9.10. The molecule has 1 aliphatic heterocycles. The molecule has 100 valence electrons. The van der Waals surface area contributed by atoms with E-state index in [0.717, 1.165) is 18.7 Å². The summed E-state index contributed by atoms with van der Waals surface area (Å²) in [5.41, 5.74) is 6.54. The van der Waals surface area contributed by atoms with Gasteiger partial charge in [-0.25, -0.2) is 4.68 Å². The number of halogens is 1. The Labute approximate surface area is 115 Å². The van der Waals surface area contributed by atoms with Gasteiger partial charge in [0.25, 0.3) is 5.56 Å². The van der Waals surface area contributed by atoms with Crippen molar-refractivity contribution in [2.75, 3.05) is 18.0 Å². The fraction of sp³-hybridized carbons (Fsp3) is 0.667. The van der Waals surface area contributed by atoms with Gasteiger partial charge in [0, 0.05) is 19.1 Å². The van der Waals surface area contributed by atoms with Crippen LogP contribution in [-0.2, 0) is 6.54 Å². The van der Waals surface area contributed by atoms with Crippen LogP contribution in [0.15, 0.2) is 15.5 Å². The number of hydrogen-bond acceptors (Lipinski definition) is 4. The highest BCUT2D eigenvalue weighted by Crippen LogP contribution is 2.31. The summed E-state index contributed by atoms with van der Waals surface area (Å²) in [4.78, 5) is 14.3. The minimum atomic E-state index is -0.0709. The Morgan fingerprint density at radius 2 is 2.33 bits per heavy atom. The zero-order valence-electron chi connectivity index (χ0n) is 10.8. The van der Waals surface area contributed by atoms with E-state index in [1.54, 1.807) is 6.20 Å². The predicted molar refractivity (Wildman–Crippen MR) is 75.8 cm³/mol. The van der Waals surface area contributed by atoms with Gasteiger partial charge in [0.05, 0.1) is 11.9 Å². The molecule has 2 heterocycles. The van der Waals surface area contributed by atoms with Crippen molar-refractivity contribution in [1.82, 2.24) is 9.78 Å². The lowest BCUT2D eigenvalue weighted by Crippen LogP contribution is -2.32. The molecule has 1 aliphatic rings. The van der Waals surface area contributed by atoms with Gasteiger partial charge in [0.2, 0.25) is 0 Å². The van der Waals surface area contributed by atoms with Gasteiger partial charge in [-0.2, -0.15) is 5.10 Å². The molecule has 1 aromatic rings. The molecule has 0 aliphatic carbocycles. The molecule has 0 saturated carbocycles. The third kappa shape index (κ3) is 2.31. The first-order valence-corrected chi connectivity index (χ1v) is 7.10. The van der Waals surface area contributed by atoms with Gasteiger partial charge in [0.15, 0.2) is 0 Å². The molecule has 2 N–H and O–H groups in total. The highest BCUT2D eigenvalue weighted by Gasteiger charge is 2.30. The first-order valence-electron chi connectivity index (χ1n) is 6.30. The summed E-state index contributed by atoms with van der Waals surface area (Å²) in [6, 6.07) is 0.397. The number of nitrogens with zero attached hydrogens (tertiary/aromatic N) is 3. The summed E-state index contributed by atoms with van der Waals surface area (Å²) >= 11 is 3.40. The quantitative estimate of drug-likeness (QED) is 0.910. The van der Waals surface area contributed by atoms with Crippen molar-refractivity contribution in [3.05, 3.63) is 21.0 Å². The van der Waals surface area contributed by atoms with E-state index in [4.69, 9.17) is 5.73 Å². The largest absolute Gasteiger partial charge is 0.366 e. The molecule has 18 heavy (non-hydrogen) atoms. The standard InChI is InChI=1S/C12H19BrN4O/c1-3-17-12(18)11(13)10(6-15-17)16-7-9(5-14)4-8(16)2/h6,8-9H,3-5,7,14H2,1-2H3. The minimum absolute atomic E-state index is 0.0709. The van der Waals surface area contributed by atoms with Crippen molar-refractivity contribution in [1.29, 1.82) is 0 Å². The Bertz CT molecular complexity index is 487. The second kappa shape index (κ2) is 5.40. The second-order valence-electron chi connectivity index (χ2n) is 4.80. The Hall–Kier alpha value is -0.880. The summed E-state index contributed by atoms with van der Waals surface area (Å²) in [6.07, 6.45) is 2.84. The van der Waals surface area contributed by atoms with Gasteiger partial charge >= 0.3 is 0 Å². The van der Waals surface area contributed by atoms with Crippen molar-refractivity contribution in [2.24, 2.45) is 11.7 Å². The van der Waals surface area contributed by atoms with Crippen molar-refractivity contribution in [3.63, 3.8) is 0 Å². The average Bonchev–Trinajstić information content (AvgIpc) is 2.74. The van der Waals surface area contributed by atoms with Crippen LogP contribution in [0.4, 0.5) is 5.69 Å². The van der Waals surface area contributed by atoms with Crippen LogP contribution in [0.3, 0.4) is 0 Å². The molecule has 1 aromatic heterocycles. The number of aryl methyl sites for hydroxylation is 1. The third-order valence-electron chi connectivity index (χ3n) is 3.57. The molecule has 0 radical (unpaired) electrons. The Morgan fingerprint density at radius 3 is 2.89 bits per heavy atom. The molecule has 0 spiro atoms. The van der Waals surface area contributed by atoms with E-state index < -0.39 is 0 Å². The van der Waals surface area contributed by atoms with E-state index in [2.05, 4.69) is 32.9 Å². The van der Waals surface area contributed by atoms with Crippen LogP contribution >= 0.6 is 15.9 Å². The lowest BCUT2D eigenvalue weighted by molar-refractivity contribution is 0.579. The summed E-state index contributed by atoms with van der Waals surface area (Å²) in [5.74, 6) is 0.500. The maximum Gasteiger partial charge on any atom is 0.283 e. The maximum absolute atomic E-state index is 12.0. The lowest BCUT2D eigenvalue weighted by Gasteiger charge is -2.24. The molecule has 0 aromatic carbocycles. The summed E-state index contributed by atoms with van der Waals surface area (Å²) in [7, 11) is 0. The van der Waals surface area contributed by atoms with E-state index in [-0.39, 0.29) is 5.56 Å². The van der Waals surface area contributed by atoms with Crippen LogP contribution in [0.2, 0.25) is 0 Å². The fourth-order valence-electron chi connectivity index (χ4n) is 2.53. The molecule has 2 unspecified atom stereocenters. The number of anilines is 1. The maximum atomic E-state index is 12.0. The lowest BCUT2D eigenvalue weighted by atomic mass is 10.1. The summed E-state index contributed by atoms with van der Waals surface area (Å²) < 4.78 is 2.05. The number of aromatic nitrogens is 2. The monoisotopic (exact) mass is 314 g/mol. The number of rotatable bonds is 3. The van der Waals surface area contributed by atoms with Crippen LogP contribution in [0.1, 0.15) is 20.3 Å². The second-order valence-corrected chi connectivity index (χ2v) is 5.60. The third-order valence-corrected chi connectivity index (χ3v) is 4.32. The molecule has 1 saturated heterocycles. The van der Waals surface area contributed by atoms with Gasteiger partial charge in [-0.05, 0) is 48.7 Å². The van der Waals surface area contributed by atoms with Crippen molar-refractivity contribution >= 4 is 21.6 Å². The zero-order valence-corrected chi connectivity index (χ0v) is 12.4. The van der Waals surface area contributed by atoms with E-state index in [0.29, 0.717) is 29.5 Å². The summed E-state index contributed by atoms with van der Waals surface area (Å²) in [6.45, 7) is 6.24. The van der Waals surface area contributed by atoms with Crippen molar-refractivity contribution < 1.29 is 0 Å². The molecule has 0 amide bonds. The highest BCUT2D eigenvalue weighted by atomic mass is 79.9. The van der Waals surface area contributed by atoms with Gasteiger partial charge in [-0.3, -0.25) is 4.79 Å². The molecule has 1 fully saturated rings. The Kier molecular flexibility index (Phi) is 4.07. The van der Waals surface area contributed by atoms with E-state index in [1.807, 2.05) is 6.92 Å². The summed E-state index contributed by atoms with van der Waals surface area (Å²) in [5, 5.41) is 4.19. The molecular weight excluding hydrogens is 296 g/mol. The zero-order chi connectivity index (χ0) is 13.3. The molecule has 2 rings (SSSR count). The van der Waals surface area contributed by atoms with Crippen LogP contribution in [0.5, 0.6) is 0 Å². The molecule has 5 nitrogen and oxygen atoms in total. The molecule has 2 atom stereocenters. The molecule has 6 heteroatoms. The van der Waals surface area contributed by atoms with Gasteiger partial charge in [-0.15, -0.1) is 0 Å².